The van der Waals surface area contributed by atoms with Crippen molar-refractivity contribution < 1.29 is 28.2 Å². The van der Waals surface area contributed by atoms with Crippen molar-refractivity contribution in [2.75, 3.05) is 0 Å². The Hall–Kier alpha value is -5.43. The molecule has 5 aliphatic rings. The Morgan fingerprint density at radius 2 is 1.46 bits per heavy atom. The van der Waals surface area contributed by atoms with E-state index >= 15 is 0 Å². The first-order valence-corrected chi connectivity index (χ1v) is 23.4. The zero-order valence-corrected chi connectivity index (χ0v) is 37.7. The van der Waals surface area contributed by atoms with Crippen LogP contribution in [0.1, 0.15) is 143 Å². The normalized spacial score (nSPS) is 23.9. The van der Waals surface area contributed by atoms with Crippen LogP contribution in [0.15, 0.2) is 111 Å². The van der Waals surface area contributed by atoms with Crippen LogP contribution in [-0.2, 0) is 56.6 Å². The van der Waals surface area contributed by atoms with Gasteiger partial charge in [0.25, 0.3) is 0 Å². The Kier molecular flexibility index (Phi) is 12.0. The van der Waals surface area contributed by atoms with E-state index in [0.29, 0.717) is 47.3 Å². The summed E-state index contributed by atoms with van der Waals surface area (Å²) < 4.78 is 27.1. The molecular formula is C56H62O7. The van der Waals surface area contributed by atoms with Crippen molar-refractivity contribution in [1.82, 2.24) is 0 Å². The fourth-order valence-electron chi connectivity index (χ4n) is 11.2. The maximum absolute atomic E-state index is 14.9. The third-order valence-electron chi connectivity index (χ3n) is 14.8. The fourth-order valence-corrected chi connectivity index (χ4v) is 11.2. The zero-order valence-electron chi connectivity index (χ0n) is 37.7. The molecular weight excluding hydrogens is 785 g/mol. The van der Waals surface area contributed by atoms with E-state index < -0.39 is 23.8 Å². The van der Waals surface area contributed by atoms with Gasteiger partial charge in [0.05, 0.1) is 5.56 Å². The summed E-state index contributed by atoms with van der Waals surface area (Å²) in [5, 5.41) is 0.812. The number of rotatable bonds is 6. The van der Waals surface area contributed by atoms with Gasteiger partial charge in [0, 0.05) is 28.9 Å². The van der Waals surface area contributed by atoms with Crippen LogP contribution in [0.3, 0.4) is 0 Å². The topological polar surface area (TPSA) is 92.0 Å². The van der Waals surface area contributed by atoms with Crippen LogP contribution >= 0.6 is 0 Å². The van der Waals surface area contributed by atoms with Crippen molar-refractivity contribution in [2.24, 2.45) is 11.8 Å². The van der Waals surface area contributed by atoms with Crippen LogP contribution in [0.2, 0.25) is 0 Å². The molecule has 1 aromatic heterocycles. The number of carbonyl (C=O) groups excluding carboxylic acids is 2. The van der Waals surface area contributed by atoms with Gasteiger partial charge in [0.15, 0.2) is 12.2 Å². The number of hydrogen-bond donors (Lipinski definition) is 0. The highest BCUT2D eigenvalue weighted by Gasteiger charge is 2.56. The van der Waals surface area contributed by atoms with E-state index in [1.165, 1.54) is 16.7 Å². The second-order valence-corrected chi connectivity index (χ2v) is 19.9. The molecule has 1 fully saturated rings. The number of aryl methyl sites for hydroxylation is 3. The van der Waals surface area contributed by atoms with E-state index in [1.54, 1.807) is 0 Å². The standard InChI is InChI=1S/C56H62O7/c1-35(2)43-26-25-36-19-21-39(22-20-36)33-41(24-23-38-15-12-16-40(32-38)31-37-13-8-6-9-14-37)34-47(57)60-51-48-46(63-56(5,52(51)62-53(43)58)42-17-10-7-11-18-42)28-27-45-44-29-30-55(3,4)49(44)54(59)61-50(45)48/h6,8-9,12-16,19-22,27-28,32,41-42,51-52H,7,10-11,17-18,23-26,29-31,33-34H2,1-5H3/t41-,51-,52+,56+/m1/s1. The molecule has 4 atom stereocenters. The second-order valence-electron chi connectivity index (χ2n) is 19.9. The van der Waals surface area contributed by atoms with Crippen molar-refractivity contribution >= 4 is 22.9 Å². The maximum atomic E-state index is 14.9. The predicted molar refractivity (Wildman–Crippen MR) is 247 cm³/mol. The first kappa shape index (κ1) is 42.9. The van der Waals surface area contributed by atoms with E-state index in [2.05, 4.69) is 86.6 Å². The number of ether oxygens (including phenoxy) is 3. The monoisotopic (exact) mass is 846 g/mol. The van der Waals surface area contributed by atoms with E-state index in [9.17, 15) is 14.4 Å². The Labute approximate surface area is 372 Å². The minimum absolute atomic E-state index is 0.0334. The lowest BCUT2D eigenvalue weighted by Gasteiger charge is -2.50. The molecule has 0 unspecified atom stereocenters. The molecule has 0 N–H and O–H groups in total. The highest BCUT2D eigenvalue weighted by Crippen LogP contribution is 2.53. The lowest BCUT2D eigenvalue weighted by atomic mass is 9.71. The third-order valence-corrected chi connectivity index (χ3v) is 14.8. The number of allylic oxidation sites excluding steroid dienone is 1. The molecule has 2 aliphatic carbocycles. The van der Waals surface area contributed by atoms with Crippen LogP contribution in [0, 0.1) is 11.8 Å². The van der Waals surface area contributed by atoms with E-state index in [-0.39, 0.29) is 35.3 Å². The summed E-state index contributed by atoms with van der Waals surface area (Å²) in [5.41, 5.74) is 8.29. The van der Waals surface area contributed by atoms with Gasteiger partial charge in [-0.3, -0.25) is 4.79 Å². The molecule has 1 saturated carbocycles. The first-order valence-electron chi connectivity index (χ1n) is 23.4. The number of hydrogen-bond acceptors (Lipinski definition) is 7. The highest BCUT2D eigenvalue weighted by molar-refractivity contribution is 5.90. The van der Waals surface area contributed by atoms with Crippen molar-refractivity contribution in [3.63, 3.8) is 0 Å². The van der Waals surface area contributed by atoms with Gasteiger partial charge in [0.1, 0.15) is 16.9 Å². The summed E-state index contributed by atoms with van der Waals surface area (Å²) in [6.45, 7) is 10.1. The quantitative estimate of drug-likeness (QED) is 0.0954. The van der Waals surface area contributed by atoms with Gasteiger partial charge in [-0.1, -0.05) is 118 Å². The molecule has 10 rings (SSSR count). The first-order chi connectivity index (χ1) is 30.4. The Balaban J connectivity index is 1.13. The van der Waals surface area contributed by atoms with Crippen LogP contribution in [0.25, 0.3) is 11.0 Å². The Bertz CT molecular complexity index is 2590. The van der Waals surface area contributed by atoms with Gasteiger partial charge < -0.3 is 18.6 Å². The molecule has 3 aliphatic heterocycles. The number of esters is 2. The van der Waals surface area contributed by atoms with Gasteiger partial charge >= 0.3 is 17.6 Å². The van der Waals surface area contributed by atoms with Crippen LogP contribution in [-0.4, -0.2) is 23.6 Å². The average Bonchev–Trinajstić information content (AvgIpc) is 3.60. The largest absolute Gasteiger partial charge is 0.483 e. The van der Waals surface area contributed by atoms with Crippen LogP contribution in [0.4, 0.5) is 0 Å². The molecule has 0 amide bonds. The minimum Gasteiger partial charge on any atom is -0.483 e. The molecule has 0 spiro atoms. The van der Waals surface area contributed by atoms with E-state index in [0.717, 1.165) is 91.9 Å². The number of carbonyl (C=O) groups is 2. The Morgan fingerprint density at radius 3 is 2.22 bits per heavy atom. The third kappa shape index (κ3) is 8.77. The number of benzene rings is 4. The molecule has 4 aromatic carbocycles. The average molecular weight is 847 g/mol. The highest BCUT2D eigenvalue weighted by atomic mass is 16.6. The summed E-state index contributed by atoms with van der Waals surface area (Å²) in [6.07, 6.45) is 8.96. The van der Waals surface area contributed by atoms with Crippen molar-refractivity contribution in [3.05, 3.63) is 157 Å². The fraction of sp³-hybridized carbons (Fsp3) is 0.446. The SMILES string of the molecule is CC(C)=C1CCc2ccc(cc2)C[C@@H](CCc2cccc(Cc3ccccc3)c2)CC(=O)O[C@@H]2c3c(ccc4c5c(c(=O)oc34)C(C)(C)CC5)O[C@@](C)(C3CCCCC3)[C@H]2OC1=O. The van der Waals surface area contributed by atoms with Gasteiger partial charge in [-0.2, -0.15) is 0 Å². The van der Waals surface area contributed by atoms with Gasteiger partial charge in [-0.05, 0) is 142 Å². The van der Waals surface area contributed by atoms with Gasteiger partial charge in [-0.25, -0.2) is 9.59 Å². The smallest absolute Gasteiger partial charge is 0.340 e. The summed E-state index contributed by atoms with van der Waals surface area (Å²) >= 11 is 0. The van der Waals surface area contributed by atoms with Crippen molar-refractivity contribution in [1.29, 1.82) is 0 Å². The molecule has 5 aromatic rings. The molecule has 0 radical (unpaired) electrons. The lowest BCUT2D eigenvalue weighted by molar-refractivity contribution is -0.201. The molecule has 0 saturated heterocycles. The van der Waals surface area contributed by atoms with E-state index in [4.69, 9.17) is 18.6 Å². The minimum atomic E-state index is -1.07. The molecule has 4 heterocycles. The zero-order chi connectivity index (χ0) is 43.9. The van der Waals surface area contributed by atoms with Crippen molar-refractivity contribution in [2.45, 2.75) is 148 Å². The maximum Gasteiger partial charge on any atom is 0.340 e. The molecule has 328 valence electrons. The second kappa shape index (κ2) is 17.6. The molecule has 63 heavy (non-hydrogen) atoms. The summed E-state index contributed by atoms with van der Waals surface area (Å²) in [5.74, 6) is -0.311. The summed E-state index contributed by atoms with van der Waals surface area (Å²) in [4.78, 5) is 43.6. The van der Waals surface area contributed by atoms with E-state index in [1.807, 2.05) is 39.0 Å². The molecule has 7 nitrogen and oxygen atoms in total. The molecule has 7 heteroatoms. The van der Waals surface area contributed by atoms with Crippen LogP contribution < -0.4 is 10.4 Å². The Morgan fingerprint density at radius 1 is 0.730 bits per heavy atom. The van der Waals surface area contributed by atoms with Gasteiger partial charge in [0.2, 0.25) is 0 Å². The number of fused-ring (bicyclic) bond motifs is 15. The van der Waals surface area contributed by atoms with Crippen LogP contribution in [0.5, 0.6) is 5.75 Å². The van der Waals surface area contributed by atoms with Crippen molar-refractivity contribution in [3.8, 4) is 5.75 Å². The van der Waals surface area contributed by atoms with Gasteiger partial charge in [-0.15, -0.1) is 0 Å². The summed E-state index contributed by atoms with van der Waals surface area (Å²) in [7, 11) is 0. The predicted octanol–water partition coefficient (Wildman–Crippen LogP) is 12.0. The molecule has 2 bridgehead atoms. The summed E-state index contributed by atoms with van der Waals surface area (Å²) in [6, 6.07) is 31.9. The lowest BCUT2D eigenvalue weighted by Crippen LogP contribution is -2.58.